The topological polar surface area (TPSA) is 60.7 Å². The first-order valence-corrected chi connectivity index (χ1v) is 7.78. The van der Waals surface area contributed by atoms with Crippen LogP contribution in [0.15, 0.2) is 0 Å². The van der Waals surface area contributed by atoms with E-state index < -0.39 is 0 Å². The minimum Gasteiger partial charge on any atom is -0.813 e. The Morgan fingerprint density at radius 1 is 0.619 bits per heavy atom. The van der Waals surface area contributed by atoms with Crippen molar-refractivity contribution in [3.05, 3.63) is 6.92 Å². The predicted octanol–water partition coefficient (Wildman–Crippen LogP) is 3.68. The van der Waals surface area contributed by atoms with Crippen LogP contribution in [0.5, 0.6) is 0 Å². The Kier molecular flexibility index (Phi) is 105. The Labute approximate surface area is 156 Å². The van der Waals surface area contributed by atoms with Gasteiger partial charge in [-0.3, -0.25) is 0 Å². The zero-order valence-corrected chi connectivity index (χ0v) is 17.2. The largest absolute Gasteiger partial charge is 2.00 e. The molecule has 132 valence electrons. The van der Waals surface area contributed by atoms with Gasteiger partial charge in [0.05, 0.1) is 0 Å². The Bertz CT molecular complexity index is 86.8. The van der Waals surface area contributed by atoms with Crippen LogP contribution in [0.2, 0.25) is 0 Å². The van der Waals surface area contributed by atoms with Crippen molar-refractivity contribution in [1.82, 2.24) is 0 Å². The van der Waals surface area contributed by atoms with E-state index in [9.17, 15) is 0 Å². The van der Waals surface area contributed by atoms with Crippen molar-refractivity contribution >= 4 is 13.5 Å². The van der Waals surface area contributed by atoms with E-state index in [0.717, 1.165) is 6.42 Å². The van der Waals surface area contributed by atoms with Crippen molar-refractivity contribution in [2.45, 2.75) is 79.1 Å². The summed E-state index contributed by atoms with van der Waals surface area (Å²) in [5, 5.41) is 22.7. The summed E-state index contributed by atoms with van der Waals surface area (Å²) < 4.78 is 0. The molecule has 0 aliphatic rings. The van der Waals surface area contributed by atoms with E-state index in [0.29, 0.717) is 0 Å². The third-order valence-electron chi connectivity index (χ3n) is 1.85. The average Bonchev–Trinajstić information content (AvgIpc) is 2.37. The second-order valence-corrected chi connectivity index (χ2v) is 3.92. The van der Waals surface area contributed by atoms with Crippen LogP contribution >= 0.6 is 0 Å². The van der Waals surface area contributed by atoms with E-state index in [2.05, 4.69) is 13.8 Å². The quantitative estimate of drug-likeness (QED) is 0.213. The average molecular weight is 360 g/mol. The minimum atomic E-state index is 0. The molecule has 0 aliphatic heterocycles. The van der Waals surface area contributed by atoms with Gasteiger partial charge in [-0.25, -0.2) is 0 Å². The second-order valence-electron chi connectivity index (χ2n) is 3.92. The normalized spacial score (nSPS) is 7.43. The van der Waals surface area contributed by atoms with Crippen LogP contribution in [0.3, 0.4) is 0 Å². The minimum absolute atomic E-state index is 0. The van der Waals surface area contributed by atoms with Gasteiger partial charge in [-0.2, -0.15) is 6.42 Å². The number of hydrogen-bond donors (Lipinski definition) is 3. The predicted molar refractivity (Wildman–Crippen MR) is 95.0 cm³/mol. The van der Waals surface area contributed by atoms with Gasteiger partial charge in [-0.1, -0.05) is 51.9 Å². The first kappa shape index (κ1) is 37.9. The molecule has 0 aromatic heterocycles. The third-order valence-corrected chi connectivity index (χ3v) is 1.85. The second kappa shape index (κ2) is 58.4. The van der Waals surface area contributed by atoms with Crippen molar-refractivity contribution in [3.63, 3.8) is 0 Å². The molecule has 0 heterocycles. The van der Waals surface area contributed by atoms with E-state index in [1.165, 1.54) is 44.9 Å². The monoisotopic (exact) mass is 360 g/mol. The molecule has 0 aromatic carbocycles. The fourth-order valence-corrected chi connectivity index (χ4v) is 1.13. The van der Waals surface area contributed by atoms with Gasteiger partial charge in [-0.15, -0.1) is 0 Å². The number of unbranched alkanes of at least 4 members (excludes halogenated alkanes) is 7. The van der Waals surface area contributed by atoms with Gasteiger partial charge in [0.15, 0.2) is 0 Å². The summed E-state index contributed by atoms with van der Waals surface area (Å²) in [5.74, 6) is 0. The molecule has 21 heavy (non-hydrogen) atoms. The molecule has 0 bridgehead atoms. The molecule has 0 atom stereocenters. The molecular weight excluding hydrogens is 320 g/mol. The van der Waals surface area contributed by atoms with E-state index in [4.69, 9.17) is 15.3 Å². The Hall–Kier alpha value is 0.944. The summed E-state index contributed by atoms with van der Waals surface area (Å²) in [7, 11) is 0. The number of thiol groups is 1. The molecule has 0 aromatic rings. The van der Waals surface area contributed by atoms with Crippen molar-refractivity contribution in [2.75, 3.05) is 19.8 Å². The van der Waals surface area contributed by atoms with Gasteiger partial charge in [0.2, 0.25) is 0 Å². The van der Waals surface area contributed by atoms with Gasteiger partial charge in [0.1, 0.15) is 0 Å². The molecule has 0 saturated carbocycles. The van der Waals surface area contributed by atoms with E-state index in [1.54, 1.807) is 20.8 Å². The zero-order chi connectivity index (χ0) is 15.8. The Morgan fingerprint density at radius 2 is 0.857 bits per heavy atom. The smallest absolute Gasteiger partial charge is 0.813 e. The maximum Gasteiger partial charge on any atom is 2.00 e. The van der Waals surface area contributed by atoms with E-state index in [1.807, 2.05) is 0 Å². The van der Waals surface area contributed by atoms with E-state index in [-0.39, 0.29) is 55.0 Å². The van der Waals surface area contributed by atoms with Gasteiger partial charge in [0, 0.05) is 19.8 Å². The first-order chi connectivity index (χ1) is 9.16. The fraction of sp³-hybridized carbons (Fsp3) is 0.938. The molecule has 5 heteroatoms. The van der Waals surface area contributed by atoms with Crippen LogP contribution in [0.4, 0.5) is 0 Å². The Morgan fingerprint density at radius 3 is 1.10 bits per heavy atom. The molecule has 0 unspecified atom stereocenters. The number of hydrogen-bond acceptors (Lipinski definition) is 4. The molecular formula is C16H40O3STi. The standard InChI is InChI=1S/C10H21.3C2H6O.H2S.Ti/c1-3-5-7-9-10-8-6-4-2;3*1-2-3;;/h1,3-10H2,2H3;3*3H,2H2,1H3;1H2;/q-1;;;;;+2/p-1. The molecule has 0 fully saturated rings. The molecule has 0 spiro atoms. The van der Waals surface area contributed by atoms with Crippen molar-refractivity contribution in [1.29, 1.82) is 0 Å². The fourth-order valence-electron chi connectivity index (χ4n) is 1.13. The number of aliphatic hydroxyl groups is 3. The van der Waals surface area contributed by atoms with Crippen molar-refractivity contribution < 1.29 is 37.0 Å². The van der Waals surface area contributed by atoms with Crippen LogP contribution in [0.1, 0.15) is 79.1 Å². The summed E-state index contributed by atoms with van der Waals surface area (Å²) in [6.45, 7) is 11.9. The summed E-state index contributed by atoms with van der Waals surface area (Å²) in [4.78, 5) is 0. The summed E-state index contributed by atoms with van der Waals surface area (Å²) >= 11 is 0. The summed E-state index contributed by atoms with van der Waals surface area (Å²) in [5.41, 5.74) is 0. The van der Waals surface area contributed by atoms with Gasteiger partial charge in [0.25, 0.3) is 0 Å². The summed E-state index contributed by atoms with van der Waals surface area (Å²) in [6, 6.07) is 0. The molecule has 0 amide bonds. The molecule has 0 aliphatic carbocycles. The molecule has 3 N–H and O–H groups in total. The third kappa shape index (κ3) is 119. The maximum absolute atomic E-state index is 7.57. The molecule has 3 nitrogen and oxygen atoms in total. The SMILES string of the molecule is CCO.CCO.CCO.[CH2-]CCCCCCCCC.[SH-].[Ti+2]. The zero-order valence-electron chi connectivity index (χ0n) is 14.8. The van der Waals surface area contributed by atoms with Crippen molar-refractivity contribution in [3.8, 4) is 0 Å². The van der Waals surface area contributed by atoms with Gasteiger partial charge >= 0.3 is 21.7 Å². The maximum atomic E-state index is 7.57. The Balaban J connectivity index is -0.0000000432. The number of aliphatic hydroxyl groups excluding tert-OH is 3. The van der Waals surface area contributed by atoms with Crippen LogP contribution < -0.4 is 0 Å². The van der Waals surface area contributed by atoms with Crippen LogP contribution in [0, 0.1) is 6.92 Å². The first-order valence-electron chi connectivity index (χ1n) is 7.78. The van der Waals surface area contributed by atoms with Crippen LogP contribution in [0.25, 0.3) is 0 Å². The number of rotatable bonds is 7. The molecule has 0 rings (SSSR count). The molecule has 0 radical (unpaired) electrons. The van der Waals surface area contributed by atoms with Crippen LogP contribution in [-0.2, 0) is 35.2 Å². The van der Waals surface area contributed by atoms with Crippen molar-refractivity contribution in [2.24, 2.45) is 0 Å². The van der Waals surface area contributed by atoms with Crippen LogP contribution in [-0.4, -0.2) is 35.1 Å². The van der Waals surface area contributed by atoms with Gasteiger partial charge in [-0.05, 0) is 20.8 Å². The van der Waals surface area contributed by atoms with E-state index >= 15 is 0 Å². The summed E-state index contributed by atoms with van der Waals surface area (Å²) in [6.07, 6.45) is 10.9. The molecule has 0 saturated heterocycles. The van der Waals surface area contributed by atoms with Gasteiger partial charge < -0.3 is 35.7 Å².